The number of hydrogen-bond donors (Lipinski definition) is 2. The molecule has 1 unspecified atom stereocenters. The Labute approximate surface area is 207 Å². The Morgan fingerprint density at radius 3 is 2.81 bits per heavy atom. The molecule has 36 heavy (non-hydrogen) atoms. The van der Waals surface area contributed by atoms with Crippen LogP contribution in [0.4, 0.5) is 10.2 Å². The lowest BCUT2D eigenvalue weighted by Crippen LogP contribution is -2.49. The smallest absolute Gasteiger partial charge is 0.253 e. The van der Waals surface area contributed by atoms with Crippen molar-refractivity contribution in [3.8, 4) is 5.82 Å². The summed E-state index contributed by atoms with van der Waals surface area (Å²) in [5, 5.41) is 7.89. The van der Waals surface area contributed by atoms with Crippen LogP contribution in [0.25, 0.3) is 22.3 Å². The third-order valence-corrected chi connectivity index (χ3v) is 6.60. The lowest BCUT2D eigenvalue weighted by Gasteiger charge is -2.35. The first kappa shape index (κ1) is 23.6. The molecule has 0 saturated heterocycles. The number of hydrogen-bond acceptors (Lipinski definition) is 7. The number of nitrogen functional groups attached to an aromatic ring is 1. The number of ether oxygens (including phenoxy) is 1. The van der Waals surface area contributed by atoms with E-state index in [-0.39, 0.29) is 11.9 Å². The molecule has 0 aliphatic heterocycles. The van der Waals surface area contributed by atoms with Gasteiger partial charge in [-0.2, -0.15) is 5.10 Å². The van der Waals surface area contributed by atoms with Crippen molar-refractivity contribution < 1.29 is 13.9 Å². The van der Waals surface area contributed by atoms with Crippen molar-refractivity contribution in [2.24, 2.45) is 0 Å². The second-order valence-electron chi connectivity index (χ2n) is 8.85. The van der Waals surface area contributed by atoms with Gasteiger partial charge in [-0.05, 0) is 49.1 Å². The molecule has 2 atom stereocenters. The maximum absolute atomic E-state index is 13.3. The molecular weight excluding hydrogens is 461 g/mol. The average molecular weight is 488 g/mol. The summed E-state index contributed by atoms with van der Waals surface area (Å²) in [5.74, 6) is 0.275. The number of nitrogens with two attached hydrogens (primary N) is 1. The van der Waals surface area contributed by atoms with Crippen molar-refractivity contribution in [1.29, 1.82) is 0 Å². The van der Waals surface area contributed by atoms with Gasteiger partial charge in [-0.15, -0.1) is 0 Å². The molecule has 5 rings (SSSR count). The SMILES string of the molecule is COC1(C(=O)N[C@@H](C)c2ccc(-n3cc(F)cn3)nc2)CC=C(c2nc(N)cc3cccnc23)CC1. The molecule has 4 aromatic rings. The van der Waals surface area contributed by atoms with E-state index >= 15 is 0 Å². The Balaban J connectivity index is 1.31. The maximum Gasteiger partial charge on any atom is 0.253 e. The molecule has 1 aliphatic carbocycles. The van der Waals surface area contributed by atoms with E-state index in [9.17, 15) is 9.18 Å². The lowest BCUT2D eigenvalue weighted by atomic mass is 9.83. The van der Waals surface area contributed by atoms with Crippen molar-refractivity contribution in [2.75, 3.05) is 12.8 Å². The molecule has 0 radical (unpaired) electrons. The first-order chi connectivity index (χ1) is 17.4. The molecule has 0 aromatic carbocycles. The van der Waals surface area contributed by atoms with Crippen molar-refractivity contribution in [1.82, 2.24) is 30.0 Å². The Morgan fingerprint density at radius 1 is 1.28 bits per heavy atom. The highest BCUT2D eigenvalue weighted by molar-refractivity contribution is 5.92. The fourth-order valence-electron chi connectivity index (χ4n) is 4.48. The van der Waals surface area contributed by atoms with Gasteiger partial charge >= 0.3 is 0 Å². The average Bonchev–Trinajstić information content (AvgIpc) is 3.34. The van der Waals surface area contributed by atoms with Crippen LogP contribution < -0.4 is 11.1 Å². The summed E-state index contributed by atoms with van der Waals surface area (Å²) < 4.78 is 20.4. The molecule has 1 aliphatic rings. The van der Waals surface area contributed by atoms with Crippen LogP contribution in [0.1, 0.15) is 43.5 Å². The van der Waals surface area contributed by atoms with E-state index in [0.29, 0.717) is 30.9 Å². The molecule has 184 valence electrons. The van der Waals surface area contributed by atoms with Crippen molar-refractivity contribution in [2.45, 2.75) is 37.8 Å². The normalized spacial score (nSPS) is 18.6. The van der Waals surface area contributed by atoms with Gasteiger partial charge in [0.1, 0.15) is 11.4 Å². The summed E-state index contributed by atoms with van der Waals surface area (Å²) in [4.78, 5) is 26.7. The van der Waals surface area contributed by atoms with Crippen LogP contribution in [0.3, 0.4) is 0 Å². The van der Waals surface area contributed by atoms with Gasteiger partial charge in [0.05, 0.1) is 29.6 Å². The predicted octanol–water partition coefficient (Wildman–Crippen LogP) is 3.76. The van der Waals surface area contributed by atoms with Gasteiger partial charge in [-0.1, -0.05) is 18.2 Å². The highest BCUT2D eigenvalue weighted by Crippen LogP contribution is 2.37. The molecule has 0 saturated carbocycles. The minimum Gasteiger partial charge on any atom is -0.384 e. The quantitative estimate of drug-likeness (QED) is 0.425. The van der Waals surface area contributed by atoms with Crippen molar-refractivity contribution >= 4 is 28.2 Å². The van der Waals surface area contributed by atoms with Crippen LogP contribution in [0.5, 0.6) is 0 Å². The van der Waals surface area contributed by atoms with Crippen LogP contribution >= 0.6 is 0 Å². The summed E-state index contributed by atoms with van der Waals surface area (Å²) in [6, 6.07) is 8.86. The zero-order valence-corrected chi connectivity index (χ0v) is 20.0. The summed E-state index contributed by atoms with van der Waals surface area (Å²) in [5.41, 5.74) is 8.36. The van der Waals surface area contributed by atoms with E-state index in [1.165, 1.54) is 10.9 Å². The molecule has 3 N–H and O–H groups in total. The third kappa shape index (κ3) is 4.42. The second kappa shape index (κ2) is 9.46. The van der Waals surface area contributed by atoms with Crippen LogP contribution in [-0.2, 0) is 9.53 Å². The Kier molecular flexibility index (Phi) is 6.19. The number of fused-ring (bicyclic) bond motifs is 1. The number of aromatic nitrogens is 5. The number of anilines is 1. The zero-order valence-electron chi connectivity index (χ0n) is 20.0. The van der Waals surface area contributed by atoms with E-state index in [1.807, 2.05) is 31.2 Å². The number of carbonyl (C=O) groups is 1. The highest BCUT2D eigenvalue weighted by atomic mass is 19.1. The Hall–Kier alpha value is -4.18. The number of methoxy groups -OCH3 is 1. The van der Waals surface area contributed by atoms with Gasteiger partial charge in [0.2, 0.25) is 0 Å². The molecule has 1 amide bonds. The number of nitrogens with one attached hydrogen (secondary N) is 1. The minimum absolute atomic E-state index is 0.199. The van der Waals surface area contributed by atoms with E-state index in [1.54, 1.807) is 31.6 Å². The topological polar surface area (TPSA) is 121 Å². The summed E-state index contributed by atoms with van der Waals surface area (Å²) in [6.45, 7) is 1.88. The fourth-order valence-corrected chi connectivity index (χ4v) is 4.48. The lowest BCUT2D eigenvalue weighted by molar-refractivity contribution is -0.145. The minimum atomic E-state index is -0.999. The van der Waals surface area contributed by atoms with Crippen LogP contribution in [0.2, 0.25) is 0 Å². The summed E-state index contributed by atoms with van der Waals surface area (Å²) in [7, 11) is 1.55. The van der Waals surface area contributed by atoms with Gasteiger partial charge in [-0.3, -0.25) is 9.78 Å². The molecule has 0 fully saturated rings. The van der Waals surface area contributed by atoms with Gasteiger partial charge in [0, 0.05) is 31.3 Å². The van der Waals surface area contributed by atoms with Gasteiger partial charge in [0.15, 0.2) is 11.6 Å². The molecular formula is C26H26FN7O2. The monoisotopic (exact) mass is 487 g/mol. The zero-order chi connectivity index (χ0) is 25.3. The van der Waals surface area contributed by atoms with E-state index in [2.05, 4.69) is 25.4 Å². The number of amides is 1. The first-order valence-electron chi connectivity index (χ1n) is 11.6. The largest absolute Gasteiger partial charge is 0.384 e. The maximum atomic E-state index is 13.3. The van der Waals surface area contributed by atoms with E-state index < -0.39 is 11.4 Å². The molecule has 4 aromatic heterocycles. The number of pyridine rings is 3. The summed E-state index contributed by atoms with van der Waals surface area (Å²) in [6.07, 6.45) is 9.21. The Bertz CT molecular complexity index is 1450. The third-order valence-electron chi connectivity index (χ3n) is 6.60. The van der Waals surface area contributed by atoms with Crippen LogP contribution in [0.15, 0.2) is 61.2 Å². The van der Waals surface area contributed by atoms with Gasteiger partial charge < -0.3 is 15.8 Å². The van der Waals surface area contributed by atoms with Gasteiger partial charge in [-0.25, -0.2) is 19.0 Å². The second-order valence-corrected chi connectivity index (χ2v) is 8.85. The fraction of sp³-hybridized carbons (Fsp3) is 0.269. The summed E-state index contributed by atoms with van der Waals surface area (Å²) >= 11 is 0. The number of carbonyl (C=O) groups excluding carboxylic acids is 1. The number of allylic oxidation sites excluding steroid dienone is 1. The number of rotatable bonds is 6. The first-order valence-corrected chi connectivity index (χ1v) is 11.6. The molecule has 9 nitrogen and oxygen atoms in total. The molecule has 4 heterocycles. The number of halogens is 1. The predicted molar refractivity (Wildman–Crippen MR) is 133 cm³/mol. The van der Waals surface area contributed by atoms with Crippen LogP contribution in [-0.4, -0.2) is 43.4 Å². The van der Waals surface area contributed by atoms with Crippen molar-refractivity contribution in [3.05, 3.63) is 78.3 Å². The molecule has 0 bridgehead atoms. The van der Waals surface area contributed by atoms with E-state index in [0.717, 1.165) is 33.9 Å². The standard InChI is InChI=1S/C26H26FN7O2/c1-16(19-5-6-22(30-13-19)34-15-20(27)14-31-34)32-25(35)26(36-2)9-7-17(8-10-26)24-23-18(4-3-11-29-23)12-21(28)33-24/h3-7,11-16H,8-10H2,1-2H3,(H2,28,33)(H,32,35)/t16-,26?/m0/s1. The Morgan fingerprint density at radius 2 is 2.14 bits per heavy atom. The van der Waals surface area contributed by atoms with Crippen LogP contribution in [0, 0.1) is 5.82 Å². The molecule has 10 heteroatoms. The van der Waals surface area contributed by atoms with E-state index in [4.69, 9.17) is 10.5 Å². The van der Waals surface area contributed by atoms with Crippen molar-refractivity contribution in [3.63, 3.8) is 0 Å². The highest BCUT2D eigenvalue weighted by Gasteiger charge is 2.40. The molecule has 0 spiro atoms. The van der Waals surface area contributed by atoms with Gasteiger partial charge in [0.25, 0.3) is 5.91 Å². The number of nitrogens with zero attached hydrogens (tertiary/aromatic N) is 5.